The van der Waals surface area contributed by atoms with Gasteiger partial charge in [-0.05, 0) is 23.1 Å². The molecule has 0 radical (unpaired) electrons. The molecule has 0 bridgehead atoms. The van der Waals surface area contributed by atoms with E-state index >= 15 is 0 Å². The van der Waals surface area contributed by atoms with Crippen LogP contribution in [0.4, 0.5) is 10.2 Å². The molecule has 7 heteroatoms. The number of carbonyl (C=O) groups excluding carboxylic acids is 1. The summed E-state index contributed by atoms with van der Waals surface area (Å²) in [5.41, 5.74) is 0.226. The largest absolute Gasteiger partial charge is 0.344 e. The van der Waals surface area contributed by atoms with Gasteiger partial charge in [0.15, 0.2) is 0 Å². The lowest BCUT2D eigenvalue weighted by Gasteiger charge is -2.41. The third-order valence-electron chi connectivity index (χ3n) is 5.67. The second kappa shape index (κ2) is 6.02. The van der Waals surface area contributed by atoms with Crippen LogP contribution in [0.5, 0.6) is 0 Å². The van der Waals surface area contributed by atoms with E-state index in [4.69, 9.17) is 0 Å². The molecular formula is C21H22FN3O3. The smallest absolute Gasteiger partial charge is 0.332 e. The van der Waals surface area contributed by atoms with Gasteiger partial charge in [-0.3, -0.25) is 18.7 Å². The molecule has 0 fully saturated rings. The predicted molar refractivity (Wildman–Crippen MR) is 104 cm³/mol. The Morgan fingerprint density at radius 1 is 1.11 bits per heavy atom. The Balaban J connectivity index is 2.09. The lowest BCUT2D eigenvalue weighted by molar-refractivity contribution is -0.124. The average Bonchev–Trinajstić information content (AvgIpc) is 2.62. The molecule has 2 aliphatic rings. The maximum absolute atomic E-state index is 14.0. The molecule has 2 aromatic rings. The van der Waals surface area contributed by atoms with Crippen LogP contribution in [-0.2, 0) is 18.9 Å². The van der Waals surface area contributed by atoms with Gasteiger partial charge < -0.3 is 5.32 Å². The van der Waals surface area contributed by atoms with Crippen LogP contribution < -0.4 is 16.6 Å². The van der Waals surface area contributed by atoms with Gasteiger partial charge in [-0.2, -0.15) is 0 Å². The zero-order chi connectivity index (χ0) is 20.4. The summed E-state index contributed by atoms with van der Waals surface area (Å²) in [4.78, 5) is 38.6. The molecule has 0 amide bonds. The van der Waals surface area contributed by atoms with E-state index in [1.54, 1.807) is 19.2 Å². The minimum absolute atomic E-state index is 0.00850. The van der Waals surface area contributed by atoms with Crippen molar-refractivity contribution in [3.8, 4) is 0 Å². The Morgan fingerprint density at radius 2 is 1.82 bits per heavy atom. The molecule has 0 unspecified atom stereocenters. The number of nitrogens with one attached hydrogen (secondary N) is 1. The summed E-state index contributed by atoms with van der Waals surface area (Å²) in [5, 5.41) is 3.17. The third kappa shape index (κ3) is 2.65. The topological polar surface area (TPSA) is 73.1 Å². The first-order valence-corrected chi connectivity index (χ1v) is 9.18. The average molecular weight is 383 g/mol. The standard InChI is InChI=1S/C21H22FN3O3/c1-21(2)9-13-16(14(26)10-21)15(11-6-5-7-12(22)8-11)17-18(23-13)24(3)20(28)25(4)19(17)27/h5-9,15-16,23H,10H2,1-4H3/t15-,16-/m1/s1. The summed E-state index contributed by atoms with van der Waals surface area (Å²) in [6.07, 6.45) is 2.31. The van der Waals surface area contributed by atoms with Gasteiger partial charge in [-0.1, -0.05) is 32.1 Å². The molecule has 4 rings (SSSR count). The fourth-order valence-electron chi connectivity index (χ4n) is 4.44. The Labute approximate surface area is 161 Å². The van der Waals surface area contributed by atoms with Gasteiger partial charge in [0.1, 0.15) is 17.4 Å². The van der Waals surface area contributed by atoms with Gasteiger partial charge in [0.25, 0.3) is 5.56 Å². The summed E-state index contributed by atoms with van der Waals surface area (Å²) in [6, 6.07) is 5.97. The SMILES string of the molecule is Cn1c2c(c(=O)n(C)c1=O)[C@H](c1cccc(F)c1)[C@H]1C(=O)CC(C)(C)C=C1N2. The van der Waals surface area contributed by atoms with Crippen LogP contribution in [0.2, 0.25) is 0 Å². The number of fused-ring (bicyclic) bond motifs is 2. The normalized spacial score (nSPS) is 22.8. The highest BCUT2D eigenvalue weighted by atomic mass is 19.1. The Morgan fingerprint density at radius 3 is 2.50 bits per heavy atom. The molecule has 1 aliphatic heterocycles. The van der Waals surface area contributed by atoms with Gasteiger partial charge in [0.2, 0.25) is 0 Å². The van der Waals surface area contributed by atoms with Crippen molar-refractivity contribution in [2.24, 2.45) is 25.4 Å². The molecule has 1 aliphatic carbocycles. The van der Waals surface area contributed by atoms with Crippen LogP contribution >= 0.6 is 0 Å². The van der Waals surface area contributed by atoms with Gasteiger partial charge in [-0.15, -0.1) is 0 Å². The van der Waals surface area contributed by atoms with E-state index in [1.165, 1.54) is 23.7 Å². The van der Waals surface area contributed by atoms with E-state index in [-0.39, 0.29) is 11.2 Å². The van der Waals surface area contributed by atoms with E-state index in [0.717, 1.165) is 4.57 Å². The van der Waals surface area contributed by atoms with Crippen molar-refractivity contribution in [2.45, 2.75) is 26.2 Å². The quantitative estimate of drug-likeness (QED) is 0.820. The highest BCUT2D eigenvalue weighted by molar-refractivity contribution is 5.90. The summed E-state index contributed by atoms with van der Waals surface area (Å²) >= 11 is 0. The monoisotopic (exact) mass is 383 g/mol. The lowest BCUT2D eigenvalue weighted by atomic mass is 9.67. The highest BCUT2D eigenvalue weighted by Gasteiger charge is 2.46. The summed E-state index contributed by atoms with van der Waals surface area (Å²) < 4.78 is 16.4. The van der Waals surface area contributed by atoms with Crippen molar-refractivity contribution in [1.82, 2.24) is 9.13 Å². The number of ketones is 1. The molecule has 0 spiro atoms. The number of rotatable bonds is 1. The number of carbonyl (C=O) groups is 1. The number of hydrogen-bond acceptors (Lipinski definition) is 4. The second-order valence-electron chi connectivity index (χ2n) is 8.33. The first-order chi connectivity index (χ1) is 13.1. The predicted octanol–water partition coefficient (Wildman–Crippen LogP) is 2.28. The number of allylic oxidation sites excluding steroid dienone is 2. The van der Waals surface area contributed by atoms with E-state index in [2.05, 4.69) is 5.32 Å². The number of benzene rings is 1. The Kier molecular flexibility index (Phi) is 3.96. The highest BCUT2D eigenvalue weighted by Crippen LogP contribution is 2.47. The van der Waals surface area contributed by atoms with Crippen molar-refractivity contribution in [1.29, 1.82) is 0 Å². The molecule has 2 heterocycles. The number of hydrogen-bond donors (Lipinski definition) is 1. The zero-order valence-electron chi connectivity index (χ0n) is 16.2. The van der Waals surface area contributed by atoms with Crippen LogP contribution in [0.15, 0.2) is 45.6 Å². The van der Waals surface area contributed by atoms with Gasteiger partial charge in [0.05, 0.1) is 11.5 Å². The number of nitrogens with zero attached hydrogens (tertiary/aromatic N) is 2. The first-order valence-electron chi connectivity index (χ1n) is 9.18. The lowest BCUT2D eigenvalue weighted by Crippen LogP contribution is -2.47. The molecule has 1 aromatic heterocycles. The van der Waals surface area contributed by atoms with Crippen LogP contribution in [-0.4, -0.2) is 14.9 Å². The van der Waals surface area contributed by atoms with Crippen LogP contribution in [0.25, 0.3) is 0 Å². The molecular weight excluding hydrogens is 361 g/mol. The van der Waals surface area contributed by atoms with Gasteiger partial charge in [-0.25, -0.2) is 9.18 Å². The van der Waals surface area contributed by atoms with Crippen LogP contribution in [0.3, 0.4) is 0 Å². The van der Waals surface area contributed by atoms with Crippen molar-refractivity contribution < 1.29 is 9.18 Å². The third-order valence-corrected chi connectivity index (χ3v) is 5.67. The Bertz CT molecular complexity index is 1160. The Hall–Kier alpha value is -2.96. The molecule has 146 valence electrons. The second-order valence-corrected chi connectivity index (χ2v) is 8.33. The maximum Gasteiger partial charge on any atom is 0.332 e. The molecule has 2 atom stereocenters. The van der Waals surface area contributed by atoms with Gasteiger partial charge >= 0.3 is 5.69 Å². The van der Waals surface area contributed by atoms with Crippen molar-refractivity contribution in [3.63, 3.8) is 0 Å². The van der Waals surface area contributed by atoms with Crippen molar-refractivity contribution >= 4 is 11.6 Å². The van der Waals surface area contributed by atoms with E-state index in [9.17, 15) is 18.8 Å². The molecule has 0 saturated carbocycles. The van der Waals surface area contributed by atoms with Crippen LogP contribution in [0, 0.1) is 17.2 Å². The summed E-state index contributed by atoms with van der Waals surface area (Å²) in [5.74, 6) is -1.37. The zero-order valence-corrected chi connectivity index (χ0v) is 16.2. The molecule has 0 saturated heterocycles. The molecule has 1 N–H and O–H groups in total. The number of Topliss-reactive ketones (excluding diaryl/α,β-unsaturated/α-hetero) is 1. The molecule has 28 heavy (non-hydrogen) atoms. The summed E-state index contributed by atoms with van der Waals surface area (Å²) in [6.45, 7) is 3.93. The summed E-state index contributed by atoms with van der Waals surface area (Å²) in [7, 11) is 2.98. The maximum atomic E-state index is 14.0. The molecule has 1 aromatic carbocycles. The van der Waals surface area contributed by atoms with Gasteiger partial charge in [0, 0.05) is 32.1 Å². The van der Waals surface area contributed by atoms with E-state index in [1.807, 2.05) is 19.9 Å². The van der Waals surface area contributed by atoms with Crippen LogP contribution in [0.1, 0.15) is 37.3 Å². The molecule has 6 nitrogen and oxygen atoms in total. The number of halogens is 1. The first kappa shape index (κ1) is 18.4. The van der Waals surface area contributed by atoms with E-state index < -0.39 is 28.9 Å². The minimum Gasteiger partial charge on any atom is -0.344 e. The fourth-order valence-corrected chi connectivity index (χ4v) is 4.44. The number of anilines is 1. The fraction of sp³-hybridized carbons (Fsp3) is 0.381. The van der Waals surface area contributed by atoms with Crippen molar-refractivity contribution in [2.75, 3.05) is 5.32 Å². The van der Waals surface area contributed by atoms with Crippen molar-refractivity contribution in [3.05, 3.63) is 73.8 Å². The number of aromatic nitrogens is 2. The van der Waals surface area contributed by atoms with E-state index in [0.29, 0.717) is 29.1 Å². The minimum atomic E-state index is -0.660.